The van der Waals surface area contributed by atoms with E-state index in [1.54, 1.807) is 13.2 Å². The Morgan fingerprint density at radius 2 is 2.00 bits per heavy atom. The van der Waals surface area contributed by atoms with Gasteiger partial charge in [-0.3, -0.25) is 0 Å². The molecule has 1 aliphatic rings. The minimum absolute atomic E-state index is 0.450. The number of unbranched alkanes of at least 4 members (excludes halogenated alkanes) is 4. The van der Waals surface area contributed by atoms with E-state index in [0.29, 0.717) is 0 Å². The Labute approximate surface area is 99.0 Å². The molecule has 0 spiro atoms. The minimum atomic E-state index is -0.450. The highest BCUT2D eigenvalue weighted by molar-refractivity contribution is 5.22. The number of aliphatic hydroxyl groups excluding tert-OH is 1. The van der Waals surface area contributed by atoms with Crippen molar-refractivity contribution in [2.75, 3.05) is 7.11 Å². The summed E-state index contributed by atoms with van der Waals surface area (Å²) in [6, 6.07) is 0. The summed E-state index contributed by atoms with van der Waals surface area (Å²) in [6.07, 6.45) is 11.8. The van der Waals surface area contributed by atoms with E-state index in [-0.39, 0.29) is 0 Å². The van der Waals surface area contributed by atoms with Gasteiger partial charge in [0.15, 0.2) is 0 Å². The molecule has 1 rings (SSSR count). The number of hydrogen-bond acceptors (Lipinski definition) is 2. The van der Waals surface area contributed by atoms with Crippen LogP contribution in [0.2, 0.25) is 0 Å². The first-order valence-corrected chi connectivity index (χ1v) is 6.38. The van der Waals surface area contributed by atoms with Crippen LogP contribution < -0.4 is 0 Å². The van der Waals surface area contributed by atoms with Gasteiger partial charge in [-0.15, -0.1) is 0 Å². The maximum atomic E-state index is 9.59. The third-order valence-corrected chi connectivity index (χ3v) is 3.03. The lowest BCUT2D eigenvalue weighted by Gasteiger charge is -2.17. The third kappa shape index (κ3) is 4.84. The van der Waals surface area contributed by atoms with Crippen molar-refractivity contribution in [3.63, 3.8) is 0 Å². The van der Waals surface area contributed by atoms with Crippen LogP contribution in [0.15, 0.2) is 23.5 Å². The number of aliphatic hydroxyl groups is 1. The summed E-state index contributed by atoms with van der Waals surface area (Å²) in [6.45, 7) is 2.23. The van der Waals surface area contributed by atoms with Gasteiger partial charge in [0.1, 0.15) is 0 Å². The van der Waals surface area contributed by atoms with E-state index in [4.69, 9.17) is 4.74 Å². The van der Waals surface area contributed by atoms with Crippen molar-refractivity contribution in [3.8, 4) is 0 Å². The van der Waals surface area contributed by atoms with Crippen molar-refractivity contribution in [1.29, 1.82) is 0 Å². The van der Waals surface area contributed by atoms with Crippen molar-refractivity contribution in [2.45, 2.75) is 58.0 Å². The lowest BCUT2D eigenvalue weighted by Crippen LogP contribution is -2.08. The highest BCUT2D eigenvalue weighted by Crippen LogP contribution is 2.23. The summed E-state index contributed by atoms with van der Waals surface area (Å²) in [5.74, 6) is 0.901. The Bertz CT molecular complexity index is 253. The average molecular weight is 224 g/mol. The number of hydrogen-bond donors (Lipinski definition) is 1. The average Bonchev–Trinajstić information content (AvgIpc) is 2.28. The summed E-state index contributed by atoms with van der Waals surface area (Å²) in [7, 11) is 1.67. The molecule has 0 aliphatic heterocycles. The molecule has 0 amide bonds. The molecule has 0 aromatic rings. The van der Waals surface area contributed by atoms with Crippen LogP contribution >= 0.6 is 0 Å². The van der Waals surface area contributed by atoms with E-state index in [1.807, 2.05) is 6.08 Å². The molecule has 92 valence electrons. The van der Waals surface area contributed by atoms with Gasteiger partial charge in [-0.05, 0) is 18.9 Å². The summed E-state index contributed by atoms with van der Waals surface area (Å²) in [4.78, 5) is 0. The molecule has 1 aliphatic carbocycles. The molecule has 0 radical (unpaired) electrons. The molecule has 1 unspecified atom stereocenters. The third-order valence-electron chi connectivity index (χ3n) is 3.03. The summed E-state index contributed by atoms with van der Waals surface area (Å²) in [5, 5.41) is 9.59. The second-order valence-corrected chi connectivity index (χ2v) is 4.49. The van der Waals surface area contributed by atoms with Gasteiger partial charge in [0.05, 0.1) is 19.0 Å². The Kier molecular flexibility index (Phi) is 6.24. The van der Waals surface area contributed by atoms with Crippen molar-refractivity contribution in [1.82, 2.24) is 0 Å². The van der Waals surface area contributed by atoms with E-state index in [9.17, 15) is 5.11 Å². The number of methoxy groups -OCH3 is 1. The molecule has 0 aromatic heterocycles. The second kappa shape index (κ2) is 7.50. The molecule has 1 atom stereocenters. The standard InChI is InChI=1S/C14H24O2/c1-3-4-5-6-7-8-12-9-13(15)11-14(10-12)16-2/h9,11,13,15H,3-8,10H2,1-2H3. The Morgan fingerprint density at radius 3 is 2.69 bits per heavy atom. The van der Waals surface area contributed by atoms with Gasteiger partial charge in [0.25, 0.3) is 0 Å². The maximum Gasteiger partial charge on any atom is 0.0984 e. The van der Waals surface area contributed by atoms with Gasteiger partial charge in [0, 0.05) is 6.42 Å². The van der Waals surface area contributed by atoms with Crippen molar-refractivity contribution in [3.05, 3.63) is 23.5 Å². The van der Waals surface area contributed by atoms with Crippen molar-refractivity contribution in [2.24, 2.45) is 0 Å². The fourth-order valence-electron chi connectivity index (χ4n) is 2.09. The number of rotatable bonds is 7. The zero-order valence-electron chi connectivity index (χ0n) is 10.5. The highest BCUT2D eigenvalue weighted by atomic mass is 16.5. The summed E-state index contributed by atoms with van der Waals surface area (Å²) >= 11 is 0. The fraction of sp³-hybridized carbons (Fsp3) is 0.714. The topological polar surface area (TPSA) is 29.5 Å². The predicted molar refractivity (Wildman–Crippen MR) is 67.2 cm³/mol. The number of ether oxygens (including phenoxy) is 1. The normalized spacial score (nSPS) is 20.3. The molecule has 2 nitrogen and oxygen atoms in total. The quantitative estimate of drug-likeness (QED) is 0.529. The Balaban J connectivity index is 2.22. The fourth-order valence-corrected chi connectivity index (χ4v) is 2.09. The summed E-state index contributed by atoms with van der Waals surface area (Å²) in [5.41, 5.74) is 1.32. The smallest absolute Gasteiger partial charge is 0.0984 e. The largest absolute Gasteiger partial charge is 0.501 e. The number of allylic oxidation sites excluding steroid dienone is 1. The van der Waals surface area contributed by atoms with E-state index in [1.165, 1.54) is 37.7 Å². The van der Waals surface area contributed by atoms with Crippen LogP contribution in [-0.2, 0) is 4.74 Å². The van der Waals surface area contributed by atoms with Crippen LogP contribution in [0.5, 0.6) is 0 Å². The van der Waals surface area contributed by atoms with Crippen LogP contribution in [-0.4, -0.2) is 18.3 Å². The van der Waals surface area contributed by atoms with E-state index < -0.39 is 6.10 Å². The summed E-state index contributed by atoms with van der Waals surface area (Å²) < 4.78 is 5.20. The highest BCUT2D eigenvalue weighted by Gasteiger charge is 2.12. The van der Waals surface area contributed by atoms with E-state index >= 15 is 0 Å². The SMILES string of the molecule is CCCCCCCC1=CC(O)C=C(OC)C1. The first kappa shape index (κ1) is 13.3. The molecular weight excluding hydrogens is 200 g/mol. The van der Waals surface area contributed by atoms with Crippen LogP contribution in [0.4, 0.5) is 0 Å². The Morgan fingerprint density at radius 1 is 1.25 bits per heavy atom. The molecule has 0 saturated carbocycles. The maximum absolute atomic E-state index is 9.59. The van der Waals surface area contributed by atoms with Gasteiger partial charge >= 0.3 is 0 Å². The van der Waals surface area contributed by atoms with Gasteiger partial charge in [-0.2, -0.15) is 0 Å². The van der Waals surface area contributed by atoms with Crippen molar-refractivity contribution >= 4 is 0 Å². The molecule has 2 heteroatoms. The molecule has 0 aromatic carbocycles. The zero-order valence-corrected chi connectivity index (χ0v) is 10.5. The van der Waals surface area contributed by atoms with E-state index in [0.717, 1.165) is 18.6 Å². The van der Waals surface area contributed by atoms with Crippen LogP contribution in [0.3, 0.4) is 0 Å². The lowest BCUT2D eigenvalue weighted by molar-refractivity contribution is 0.234. The molecule has 0 saturated heterocycles. The van der Waals surface area contributed by atoms with Gasteiger partial charge < -0.3 is 9.84 Å². The lowest BCUT2D eigenvalue weighted by atomic mass is 9.97. The van der Waals surface area contributed by atoms with Crippen LogP contribution in [0.1, 0.15) is 51.9 Å². The predicted octanol–water partition coefficient (Wildman–Crippen LogP) is 3.57. The monoisotopic (exact) mass is 224 g/mol. The van der Waals surface area contributed by atoms with Gasteiger partial charge in [-0.25, -0.2) is 0 Å². The molecule has 1 N–H and O–H groups in total. The zero-order chi connectivity index (χ0) is 11.8. The van der Waals surface area contributed by atoms with Gasteiger partial charge in [-0.1, -0.05) is 44.3 Å². The second-order valence-electron chi connectivity index (χ2n) is 4.49. The van der Waals surface area contributed by atoms with Gasteiger partial charge in [0.2, 0.25) is 0 Å². The molecular formula is C14H24O2. The van der Waals surface area contributed by atoms with Crippen LogP contribution in [0, 0.1) is 0 Å². The van der Waals surface area contributed by atoms with E-state index in [2.05, 4.69) is 6.92 Å². The molecule has 16 heavy (non-hydrogen) atoms. The van der Waals surface area contributed by atoms with Crippen LogP contribution in [0.25, 0.3) is 0 Å². The first-order chi connectivity index (χ1) is 7.76. The molecule has 0 fully saturated rings. The Hall–Kier alpha value is -0.760. The molecule has 0 heterocycles. The van der Waals surface area contributed by atoms with Crippen molar-refractivity contribution < 1.29 is 9.84 Å². The minimum Gasteiger partial charge on any atom is -0.501 e. The first-order valence-electron chi connectivity index (χ1n) is 6.38. The molecule has 0 bridgehead atoms.